The van der Waals surface area contributed by atoms with Crippen LogP contribution in [0.3, 0.4) is 0 Å². The van der Waals surface area contributed by atoms with Gasteiger partial charge < -0.3 is 5.32 Å². The number of hydrogen-bond acceptors (Lipinski definition) is 3. The monoisotopic (exact) mass is 224 g/mol. The maximum atomic E-state index is 3.97. The van der Waals surface area contributed by atoms with Crippen molar-refractivity contribution in [2.45, 2.75) is 18.9 Å². The SMILES string of the molecule is Cl.Cl.c1cn(C2CCCNC2)nn1. The average Bonchev–Trinajstić information content (AvgIpc) is 2.58. The van der Waals surface area contributed by atoms with E-state index < -0.39 is 0 Å². The molecule has 0 spiro atoms. The molecule has 1 fully saturated rings. The highest BCUT2D eigenvalue weighted by Crippen LogP contribution is 2.13. The number of nitrogens with zero attached hydrogens (tertiary/aromatic N) is 3. The van der Waals surface area contributed by atoms with Crippen LogP contribution in [0, 0.1) is 0 Å². The van der Waals surface area contributed by atoms with Gasteiger partial charge in [0.15, 0.2) is 0 Å². The highest BCUT2D eigenvalue weighted by atomic mass is 35.5. The minimum absolute atomic E-state index is 0. The molecule has 0 aliphatic carbocycles. The summed E-state index contributed by atoms with van der Waals surface area (Å²) >= 11 is 0. The summed E-state index contributed by atoms with van der Waals surface area (Å²) in [5.41, 5.74) is 0. The van der Waals surface area contributed by atoms with Gasteiger partial charge in [0.2, 0.25) is 0 Å². The van der Waals surface area contributed by atoms with Gasteiger partial charge in [0.1, 0.15) is 0 Å². The summed E-state index contributed by atoms with van der Waals surface area (Å²) in [5, 5.41) is 11.1. The molecule has 1 unspecified atom stereocenters. The molecule has 1 aromatic rings. The van der Waals surface area contributed by atoms with Gasteiger partial charge in [-0.1, -0.05) is 5.21 Å². The van der Waals surface area contributed by atoms with E-state index >= 15 is 0 Å². The Morgan fingerprint density at radius 2 is 2.23 bits per heavy atom. The summed E-state index contributed by atoms with van der Waals surface area (Å²) < 4.78 is 1.94. The highest BCUT2D eigenvalue weighted by Gasteiger charge is 2.14. The smallest absolute Gasteiger partial charge is 0.0693 e. The van der Waals surface area contributed by atoms with Crippen molar-refractivity contribution >= 4 is 24.8 Å². The van der Waals surface area contributed by atoms with E-state index in [-0.39, 0.29) is 24.8 Å². The van der Waals surface area contributed by atoms with Crippen LogP contribution < -0.4 is 5.32 Å². The topological polar surface area (TPSA) is 42.7 Å². The van der Waals surface area contributed by atoms with Crippen molar-refractivity contribution in [3.63, 3.8) is 0 Å². The summed E-state index contributed by atoms with van der Waals surface area (Å²) in [6, 6.07) is 0.520. The van der Waals surface area contributed by atoms with Crippen LogP contribution in [0.2, 0.25) is 0 Å². The Morgan fingerprint density at radius 1 is 1.38 bits per heavy atom. The number of aromatic nitrogens is 3. The van der Waals surface area contributed by atoms with Gasteiger partial charge in [0.25, 0.3) is 0 Å². The van der Waals surface area contributed by atoms with Crippen LogP contribution in [-0.2, 0) is 0 Å². The third-order valence-corrected chi connectivity index (χ3v) is 2.09. The first kappa shape index (κ1) is 12.7. The Morgan fingerprint density at radius 3 is 2.77 bits per heavy atom. The van der Waals surface area contributed by atoms with Gasteiger partial charge in [-0.2, -0.15) is 0 Å². The second-order valence-corrected chi connectivity index (χ2v) is 2.88. The van der Waals surface area contributed by atoms with Crippen molar-refractivity contribution in [3.8, 4) is 0 Å². The molecule has 1 saturated heterocycles. The van der Waals surface area contributed by atoms with Gasteiger partial charge in [0.05, 0.1) is 12.2 Å². The standard InChI is InChI=1S/C7H12N4.2ClH/c1-2-7(6-8-3-1)11-5-4-9-10-11;;/h4-5,7-8H,1-3,6H2;2*1H. The zero-order chi connectivity index (χ0) is 7.52. The molecular weight excluding hydrogens is 211 g/mol. The van der Waals surface area contributed by atoms with Crippen molar-refractivity contribution in [2.24, 2.45) is 0 Å². The maximum Gasteiger partial charge on any atom is 0.0693 e. The van der Waals surface area contributed by atoms with Gasteiger partial charge >= 0.3 is 0 Å². The van der Waals surface area contributed by atoms with Crippen LogP contribution in [0.15, 0.2) is 12.4 Å². The van der Waals surface area contributed by atoms with Crippen molar-refractivity contribution in [3.05, 3.63) is 12.4 Å². The zero-order valence-electron chi connectivity index (χ0n) is 7.22. The van der Waals surface area contributed by atoms with E-state index in [0.717, 1.165) is 13.1 Å². The molecule has 76 valence electrons. The van der Waals surface area contributed by atoms with Crippen LogP contribution in [0.1, 0.15) is 18.9 Å². The molecule has 1 aromatic heterocycles. The van der Waals surface area contributed by atoms with Crippen molar-refractivity contribution in [2.75, 3.05) is 13.1 Å². The normalized spacial score (nSPS) is 21.4. The molecule has 2 heterocycles. The van der Waals surface area contributed by atoms with Gasteiger partial charge in [0, 0.05) is 12.7 Å². The molecular formula is C7H14Cl2N4. The van der Waals surface area contributed by atoms with E-state index in [4.69, 9.17) is 0 Å². The zero-order valence-corrected chi connectivity index (χ0v) is 8.85. The van der Waals surface area contributed by atoms with E-state index in [1.807, 2.05) is 10.9 Å². The predicted molar refractivity (Wildman–Crippen MR) is 55.7 cm³/mol. The number of halogens is 2. The molecule has 13 heavy (non-hydrogen) atoms. The maximum absolute atomic E-state index is 3.97. The van der Waals surface area contributed by atoms with Crippen LogP contribution in [0.4, 0.5) is 0 Å². The summed E-state index contributed by atoms with van der Waals surface area (Å²) in [5.74, 6) is 0. The number of hydrogen-bond donors (Lipinski definition) is 1. The fourth-order valence-electron chi connectivity index (χ4n) is 1.47. The fraction of sp³-hybridized carbons (Fsp3) is 0.714. The van der Waals surface area contributed by atoms with Gasteiger partial charge in [-0.15, -0.1) is 29.9 Å². The first-order valence-electron chi connectivity index (χ1n) is 4.03. The first-order valence-corrected chi connectivity index (χ1v) is 4.03. The molecule has 4 nitrogen and oxygen atoms in total. The van der Waals surface area contributed by atoms with Gasteiger partial charge in [-0.25, -0.2) is 4.68 Å². The van der Waals surface area contributed by atoms with Gasteiger partial charge in [-0.05, 0) is 19.4 Å². The number of rotatable bonds is 1. The lowest BCUT2D eigenvalue weighted by Gasteiger charge is -2.22. The highest BCUT2D eigenvalue weighted by molar-refractivity contribution is 5.85. The number of piperidine rings is 1. The Labute approximate surface area is 89.9 Å². The fourth-order valence-corrected chi connectivity index (χ4v) is 1.47. The minimum atomic E-state index is 0. The summed E-state index contributed by atoms with van der Waals surface area (Å²) in [4.78, 5) is 0. The molecule has 1 aliphatic rings. The molecule has 1 atom stereocenters. The minimum Gasteiger partial charge on any atom is -0.315 e. The second-order valence-electron chi connectivity index (χ2n) is 2.88. The van der Waals surface area contributed by atoms with Gasteiger partial charge in [-0.3, -0.25) is 0 Å². The second kappa shape index (κ2) is 6.18. The average molecular weight is 225 g/mol. The molecule has 2 rings (SSSR count). The first-order chi connectivity index (χ1) is 5.47. The summed E-state index contributed by atoms with van der Waals surface area (Å²) in [7, 11) is 0. The van der Waals surface area contributed by atoms with Crippen LogP contribution >= 0.6 is 24.8 Å². The van der Waals surface area contributed by atoms with Crippen LogP contribution in [-0.4, -0.2) is 28.1 Å². The lowest BCUT2D eigenvalue weighted by Crippen LogP contribution is -2.31. The molecule has 1 N–H and O–H groups in total. The molecule has 0 bridgehead atoms. The molecule has 0 radical (unpaired) electrons. The molecule has 6 heteroatoms. The molecule has 0 amide bonds. The Balaban J connectivity index is 0.000000720. The summed E-state index contributed by atoms with van der Waals surface area (Å²) in [6.45, 7) is 2.18. The van der Waals surface area contributed by atoms with E-state index in [1.54, 1.807) is 6.20 Å². The molecule has 0 aromatic carbocycles. The lowest BCUT2D eigenvalue weighted by atomic mass is 10.1. The Kier molecular flexibility index (Phi) is 6.03. The lowest BCUT2D eigenvalue weighted by molar-refractivity contribution is 0.341. The van der Waals surface area contributed by atoms with E-state index in [1.165, 1.54) is 12.8 Å². The van der Waals surface area contributed by atoms with Crippen molar-refractivity contribution < 1.29 is 0 Å². The van der Waals surface area contributed by atoms with E-state index in [0.29, 0.717) is 6.04 Å². The van der Waals surface area contributed by atoms with Crippen molar-refractivity contribution in [1.82, 2.24) is 20.3 Å². The van der Waals surface area contributed by atoms with Crippen LogP contribution in [0.25, 0.3) is 0 Å². The molecule has 1 aliphatic heterocycles. The van der Waals surface area contributed by atoms with E-state index in [9.17, 15) is 0 Å². The van der Waals surface area contributed by atoms with Crippen molar-refractivity contribution in [1.29, 1.82) is 0 Å². The third kappa shape index (κ3) is 3.14. The molecule has 0 saturated carbocycles. The van der Waals surface area contributed by atoms with E-state index in [2.05, 4.69) is 15.6 Å². The Bertz CT molecular complexity index is 208. The number of nitrogens with one attached hydrogen (secondary N) is 1. The summed E-state index contributed by atoms with van der Waals surface area (Å²) in [6.07, 6.45) is 6.12. The predicted octanol–water partition coefficient (Wildman–Crippen LogP) is 1.05. The third-order valence-electron chi connectivity index (χ3n) is 2.09. The van der Waals surface area contributed by atoms with Crippen LogP contribution in [0.5, 0.6) is 0 Å². The largest absolute Gasteiger partial charge is 0.315 e. The quantitative estimate of drug-likeness (QED) is 0.776. The Hall–Kier alpha value is -0.320.